The van der Waals surface area contributed by atoms with E-state index in [0.29, 0.717) is 17.4 Å². The lowest BCUT2D eigenvalue weighted by atomic mass is 10.1. The van der Waals surface area contributed by atoms with Gasteiger partial charge in [0.05, 0.1) is 17.7 Å². The molecule has 0 unspecified atom stereocenters. The zero-order valence-electron chi connectivity index (χ0n) is 11.8. The van der Waals surface area contributed by atoms with E-state index in [-0.39, 0.29) is 5.82 Å². The minimum absolute atomic E-state index is 0.358. The number of hydrogen-bond acceptors (Lipinski definition) is 4. The number of urea groups is 1. The van der Waals surface area contributed by atoms with Gasteiger partial charge in [0.25, 0.3) is 0 Å². The molecule has 2 amide bonds. The summed E-state index contributed by atoms with van der Waals surface area (Å²) in [6.07, 6.45) is 3.70. The standard InChI is InChI=1S/C15H16FN3O2S/c16-10-6-12(9-3-4-9)14(13(7-10)18-15(20)19-17)22-8-11-2-1-5-21-11/h1-2,5-7,9H,3-4,8,17H2,(H2,18,19,20). The van der Waals surface area contributed by atoms with Crippen LogP contribution < -0.4 is 16.6 Å². The van der Waals surface area contributed by atoms with Gasteiger partial charge < -0.3 is 9.73 Å². The van der Waals surface area contributed by atoms with Gasteiger partial charge in [-0.1, -0.05) is 0 Å². The van der Waals surface area contributed by atoms with E-state index >= 15 is 0 Å². The quantitative estimate of drug-likeness (QED) is 0.340. The second kappa shape index (κ2) is 6.41. The molecule has 0 bridgehead atoms. The Kier molecular flexibility index (Phi) is 4.35. The maximum atomic E-state index is 13.8. The van der Waals surface area contributed by atoms with Crippen LogP contribution in [0.15, 0.2) is 39.8 Å². The van der Waals surface area contributed by atoms with E-state index in [1.165, 1.54) is 17.8 Å². The zero-order chi connectivity index (χ0) is 15.5. The Hall–Kier alpha value is -1.99. The second-order valence-corrected chi connectivity index (χ2v) is 6.10. The van der Waals surface area contributed by atoms with Crippen LogP contribution in [-0.2, 0) is 5.75 Å². The topological polar surface area (TPSA) is 80.3 Å². The normalized spacial score (nSPS) is 13.9. The van der Waals surface area contributed by atoms with Crippen LogP contribution in [0, 0.1) is 5.82 Å². The Bertz CT molecular complexity index is 672. The van der Waals surface area contributed by atoms with E-state index in [0.717, 1.165) is 29.1 Å². The van der Waals surface area contributed by atoms with Crippen LogP contribution in [0.2, 0.25) is 0 Å². The van der Waals surface area contributed by atoms with Crippen molar-refractivity contribution < 1.29 is 13.6 Å². The second-order valence-electron chi connectivity index (χ2n) is 5.11. The lowest BCUT2D eigenvalue weighted by molar-refractivity contribution is 0.252. The van der Waals surface area contributed by atoms with Crippen molar-refractivity contribution in [3.63, 3.8) is 0 Å². The molecule has 1 aromatic heterocycles. The fourth-order valence-electron chi connectivity index (χ4n) is 2.26. The SMILES string of the molecule is NNC(=O)Nc1cc(F)cc(C2CC2)c1SCc1ccco1. The van der Waals surface area contributed by atoms with Crippen molar-refractivity contribution in [2.24, 2.45) is 5.84 Å². The van der Waals surface area contributed by atoms with E-state index in [2.05, 4.69) is 5.32 Å². The number of benzene rings is 1. The molecule has 2 aromatic rings. The molecular weight excluding hydrogens is 305 g/mol. The van der Waals surface area contributed by atoms with Gasteiger partial charge in [0, 0.05) is 4.90 Å². The van der Waals surface area contributed by atoms with E-state index < -0.39 is 6.03 Å². The molecule has 0 aliphatic heterocycles. The Morgan fingerprint density at radius 1 is 1.45 bits per heavy atom. The van der Waals surface area contributed by atoms with Crippen molar-refractivity contribution in [2.45, 2.75) is 29.4 Å². The predicted molar refractivity (Wildman–Crippen MR) is 83.0 cm³/mol. The molecule has 3 rings (SSSR count). The lowest BCUT2D eigenvalue weighted by Gasteiger charge is -2.15. The minimum Gasteiger partial charge on any atom is -0.468 e. The molecule has 1 saturated carbocycles. The van der Waals surface area contributed by atoms with E-state index in [9.17, 15) is 9.18 Å². The van der Waals surface area contributed by atoms with Crippen molar-refractivity contribution in [1.82, 2.24) is 5.43 Å². The number of carbonyl (C=O) groups is 1. The van der Waals surface area contributed by atoms with Crippen molar-refractivity contribution in [2.75, 3.05) is 5.32 Å². The minimum atomic E-state index is -0.577. The molecule has 4 N–H and O–H groups in total. The number of carbonyl (C=O) groups excluding carboxylic acids is 1. The number of thioether (sulfide) groups is 1. The van der Waals surface area contributed by atoms with Gasteiger partial charge in [-0.3, -0.25) is 5.43 Å². The first-order chi connectivity index (χ1) is 10.7. The molecular formula is C15H16FN3O2S. The van der Waals surface area contributed by atoms with Crippen LogP contribution in [0.1, 0.15) is 30.1 Å². The van der Waals surface area contributed by atoms with Crippen LogP contribution in [-0.4, -0.2) is 6.03 Å². The predicted octanol–water partition coefficient (Wildman–Crippen LogP) is 3.58. The number of halogens is 1. The third-order valence-electron chi connectivity index (χ3n) is 3.42. The zero-order valence-corrected chi connectivity index (χ0v) is 12.6. The van der Waals surface area contributed by atoms with Crippen molar-refractivity contribution >= 4 is 23.5 Å². The molecule has 22 heavy (non-hydrogen) atoms. The summed E-state index contributed by atoms with van der Waals surface area (Å²) >= 11 is 1.52. The van der Waals surface area contributed by atoms with Crippen LogP contribution in [0.3, 0.4) is 0 Å². The first kappa shape index (κ1) is 14.9. The summed E-state index contributed by atoms with van der Waals surface area (Å²) in [5, 5.41) is 2.59. The Labute approximate surface area is 131 Å². The third kappa shape index (κ3) is 3.42. The van der Waals surface area contributed by atoms with Crippen LogP contribution in [0.4, 0.5) is 14.9 Å². The largest absolute Gasteiger partial charge is 0.468 e. The average molecular weight is 321 g/mol. The van der Waals surface area contributed by atoms with E-state index in [1.54, 1.807) is 12.3 Å². The smallest absolute Gasteiger partial charge is 0.333 e. The highest BCUT2D eigenvalue weighted by atomic mass is 32.2. The lowest BCUT2D eigenvalue weighted by Crippen LogP contribution is -2.34. The molecule has 7 heteroatoms. The van der Waals surface area contributed by atoms with Crippen molar-refractivity contribution in [1.29, 1.82) is 0 Å². The summed E-state index contributed by atoms with van der Waals surface area (Å²) in [5.74, 6) is 6.52. The number of hydrazine groups is 1. The molecule has 1 heterocycles. The summed E-state index contributed by atoms with van der Waals surface area (Å²) in [4.78, 5) is 12.3. The summed E-state index contributed by atoms with van der Waals surface area (Å²) in [6.45, 7) is 0. The number of nitrogens with two attached hydrogens (primary N) is 1. The van der Waals surface area contributed by atoms with Gasteiger partial charge in [-0.15, -0.1) is 11.8 Å². The molecule has 1 aliphatic rings. The molecule has 0 atom stereocenters. The molecule has 0 radical (unpaired) electrons. The summed E-state index contributed by atoms with van der Waals surface area (Å²) in [7, 11) is 0. The molecule has 1 aliphatic carbocycles. The number of nitrogens with one attached hydrogen (secondary N) is 2. The number of hydrogen-bond donors (Lipinski definition) is 3. The van der Waals surface area contributed by atoms with Crippen LogP contribution in [0.25, 0.3) is 0 Å². The fourth-order valence-corrected chi connectivity index (χ4v) is 3.37. The van der Waals surface area contributed by atoms with Crippen molar-refractivity contribution in [3.05, 3.63) is 47.7 Å². The number of anilines is 1. The number of amides is 2. The Morgan fingerprint density at radius 3 is 2.91 bits per heavy atom. The maximum absolute atomic E-state index is 13.8. The van der Waals surface area contributed by atoms with E-state index in [4.69, 9.17) is 10.3 Å². The van der Waals surface area contributed by atoms with Gasteiger partial charge in [-0.2, -0.15) is 0 Å². The average Bonchev–Trinajstić information content (AvgIpc) is 3.22. The summed E-state index contributed by atoms with van der Waals surface area (Å²) < 4.78 is 19.2. The highest BCUT2D eigenvalue weighted by Crippen LogP contribution is 2.47. The van der Waals surface area contributed by atoms with Gasteiger partial charge >= 0.3 is 6.03 Å². The molecule has 5 nitrogen and oxygen atoms in total. The molecule has 1 aromatic carbocycles. The highest BCUT2D eigenvalue weighted by Gasteiger charge is 2.28. The number of rotatable bonds is 5. The molecule has 0 spiro atoms. The van der Waals surface area contributed by atoms with Crippen LogP contribution >= 0.6 is 11.8 Å². The highest BCUT2D eigenvalue weighted by molar-refractivity contribution is 7.98. The summed E-state index contributed by atoms with van der Waals surface area (Å²) in [6, 6.07) is 5.99. The van der Waals surface area contributed by atoms with Gasteiger partial charge in [0.2, 0.25) is 0 Å². The van der Waals surface area contributed by atoms with Crippen molar-refractivity contribution in [3.8, 4) is 0 Å². The Balaban J connectivity index is 1.90. The fraction of sp³-hybridized carbons (Fsp3) is 0.267. The third-order valence-corrected chi connectivity index (χ3v) is 4.59. The van der Waals surface area contributed by atoms with Gasteiger partial charge in [0.15, 0.2) is 0 Å². The van der Waals surface area contributed by atoms with Gasteiger partial charge in [-0.25, -0.2) is 15.0 Å². The maximum Gasteiger partial charge on any atom is 0.333 e. The van der Waals surface area contributed by atoms with Gasteiger partial charge in [-0.05, 0) is 48.6 Å². The number of furan rings is 1. The molecule has 1 fully saturated rings. The van der Waals surface area contributed by atoms with E-state index in [1.807, 2.05) is 17.6 Å². The molecule has 0 saturated heterocycles. The first-order valence-corrected chi connectivity index (χ1v) is 7.92. The first-order valence-electron chi connectivity index (χ1n) is 6.93. The Morgan fingerprint density at radius 2 is 2.27 bits per heavy atom. The van der Waals surface area contributed by atoms with Crippen LogP contribution in [0.5, 0.6) is 0 Å². The monoisotopic (exact) mass is 321 g/mol. The molecule has 116 valence electrons. The van der Waals surface area contributed by atoms with Gasteiger partial charge in [0.1, 0.15) is 11.6 Å². The summed E-state index contributed by atoms with van der Waals surface area (Å²) in [5.41, 5.74) is 3.36.